The second-order valence-corrected chi connectivity index (χ2v) is 8.71. The molecule has 0 bridgehead atoms. The average Bonchev–Trinajstić information content (AvgIpc) is 3.30. The number of piperidine rings is 1. The van der Waals surface area contributed by atoms with Crippen LogP contribution in [-0.4, -0.2) is 54.4 Å². The molecule has 2 aromatic carbocycles. The fraction of sp³-hybridized carbons (Fsp3) is 0.333. The third-order valence-electron chi connectivity index (χ3n) is 6.60. The third kappa shape index (κ3) is 4.10. The van der Waals surface area contributed by atoms with Crippen molar-refractivity contribution in [3.05, 3.63) is 65.5 Å². The molecule has 9 nitrogen and oxygen atoms in total. The SMILES string of the molecule is CCOC(=O)c1nn(-c2ccccc2OC)c2c1CCN(c1ccc(N3CCCCC3=O)cc1)C2=O. The van der Waals surface area contributed by atoms with Crippen molar-refractivity contribution in [2.45, 2.75) is 32.6 Å². The molecular weight excluding hydrogens is 460 g/mol. The van der Waals surface area contributed by atoms with Gasteiger partial charge in [0.2, 0.25) is 5.91 Å². The predicted molar refractivity (Wildman–Crippen MR) is 134 cm³/mol. The minimum Gasteiger partial charge on any atom is -0.494 e. The van der Waals surface area contributed by atoms with Crippen LogP contribution in [-0.2, 0) is 16.0 Å². The quantitative estimate of drug-likeness (QED) is 0.490. The molecule has 3 heterocycles. The first-order valence-corrected chi connectivity index (χ1v) is 12.2. The lowest BCUT2D eigenvalue weighted by molar-refractivity contribution is -0.119. The Balaban J connectivity index is 1.53. The van der Waals surface area contributed by atoms with Gasteiger partial charge in [-0.25, -0.2) is 9.48 Å². The van der Waals surface area contributed by atoms with Crippen LogP contribution in [0, 0.1) is 0 Å². The number of esters is 1. The van der Waals surface area contributed by atoms with Crippen LogP contribution in [0.25, 0.3) is 5.69 Å². The van der Waals surface area contributed by atoms with Crippen molar-refractivity contribution >= 4 is 29.2 Å². The number of fused-ring (bicyclic) bond motifs is 1. The van der Waals surface area contributed by atoms with Gasteiger partial charge in [-0.1, -0.05) is 12.1 Å². The van der Waals surface area contributed by atoms with Gasteiger partial charge in [-0.15, -0.1) is 0 Å². The molecule has 186 valence electrons. The second-order valence-electron chi connectivity index (χ2n) is 8.71. The highest BCUT2D eigenvalue weighted by Crippen LogP contribution is 2.33. The Bertz CT molecular complexity index is 1310. The summed E-state index contributed by atoms with van der Waals surface area (Å²) in [5.41, 5.74) is 3.12. The summed E-state index contributed by atoms with van der Waals surface area (Å²) in [5, 5.41) is 4.52. The number of carbonyl (C=O) groups is 3. The van der Waals surface area contributed by atoms with Crippen LogP contribution in [0.15, 0.2) is 48.5 Å². The summed E-state index contributed by atoms with van der Waals surface area (Å²) in [5.74, 6) is -0.176. The normalized spacial score (nSPS) is 15.6. The van der Waals surface area contributed by atoms with E-state index in [4.69, 9.17) is 9.47 Å². The lowest BCUT2D eigenvalue weighted by Crippen LogP contribution is -2.39. The number of amides is 2. The number of para-hydroxylation sites is 2. The molecule has 2 aliphatic rings. The molecule has 1 saturated heterocycles. The Morgan fingerprint density at radius 2 is 1.67 bits per heavy atom. The Morgan fingerprint density at radius 1 is 0.944 bits per heavy atom. The molecule has 1 fully saturated rings. The predicted octanol–water partition coefficient (Wildman–Crippen LogP) is 3.78. The maximum absolute atomic E-state index is 13.9. The van der Waals surface area contributed by atoms with E-state index in [2.05, 4.69) is 5.10 Å². The average molecular weight is 489 g/mol. The van der Waals surface area contributed by atoms with Crippen molar-refractivity contribution in [3.8, 4) is 11.4 Å². The van der Waals surface area contributed by atoms with Crippen molar-refractivity contribution in [2.75, 3.05) is 36.6 Å². The summed E-state index contributed by atoms with van der Waals surface area (Å²) < 4.78 is 12.2. The second kappa shape index (κ2) is 9.85. The number of aromatic nitrogens is 2. The van der Waals surface area contributed by atoms with E-state index in [9.17, 15) is 14.4 Å². The Labute approximate surface area is 209 Å². The van der Waals surface area contributed by atoms with Crippen LogP contribution in [0.5, 0.6) is 5.75 Å². The van der Waals surface area contributed by atoms with Gasteiger partial charge in [-0.3, -0.25) is 9.59 Å². The summed E-state index contributed by atoms with van der Waals surface area (Å²) in [6, 6.07) is 14.7. The summed E-state index contributed by atoms with van der Waals surface area (Å²) in [6.45, 7) is 3.04. The summed E-state index contributed by atoms with van der Waals surface area (Å²) >= 11 is 0. The zero-order valence-electron chi connectivity index (χ0n) is 20.4. The molecule has 9 heteroatoms. The van der Waals surface area contributed by atoms with Crippen LogP contribution in [0.4, 0.5) is 11.4 Å². The van der Waals surface area contributed by atoms with Gasteiger partial charge in [0.25, 0.3) is 5.91 Å². The van der Waals surface area contributed by atoms with Crippen molar-refractivity contribution in [1.82, 2.24) is 9.78 Å². The molecule has 2 aliphatic heterocycles. The smallest absolute Gasteiger partial charge is 0.359 e. The van der Waals surface area contributed by atoms with Gasteiger partial charge in [0, 0.05) is 36.4 Å². The van der Waals surface area contributed by atoms with E-state index in [1.807, 2.05) is 36.4 Å². The summed E-state index contributed by atoms with van der Waals surface area (Å²) in [4.78, 5) is 42.3. The number of hydrogen-bond acceptors (Lipinski definition) is 6. The van der Waals surface area contributed by atoms with Gasteiger partial charge in [0.05, 0.1) is 13.7 Å². The lowest BCUT2D eigenvalue weighted by Gasteiger charge is -2.29. The Hall–Kier alpha value is -4.14. The summed E-state index contributed by atoms with van der Waals surface area (Å²) in [7, 11) is 1.55. The molecule has 0 aliphatic carbocycles. The highest BCUT2D eigenvalue weighted by Gasteiger charge is 2.36. The summed E-state index contributed by atoms with van der Waals surface area (Å²) in [6.07, 6.45) is 2.91. The molecule has 2 amide bonds. The molecule has 36 heavy (non-hydrogen) atoms. The van der Waals surface area contributed by atoms with Crippen LogP contribution < -0.4 is 14.5 Å². The van der Waals surface area contributed by atoms with Gasteiger partial charge in [0.15, 0.2) is 5.69 Å². The zero-order valence-corrected chi connectivity index (χ0v) is 20.4. The standard InChI is InChI=1S/C27H28N4O5/c1-3-36-27(34)24-20-15-17-30(19-13-11-18(12-14-19)29-16-7-6-10-23(29)32)26(33)25(20)31(28-24)21-8-4-5-9-22(21)35-2/h4-5,8-9,11-14H,3,6-7,10,15-17H2,1-2H3. The Morgan fingerprint density at radius 3 is 2.36 bits per heavy atom. The van der Waals surface area contributed by atoms with Gasteiger partial charge in [-0.2, -0.15) is 5.10 Å². The minimum absolute atomic E-state index is 0.125. The van der Waals surface area contributed by atoms with Crippen LogP contribution in [0.3, 0.4) is 0 Å². The van der Waals surface area contributed by atoms with Gasteiger partial charge < -0.3 is 19.3 Å². The maximum Gasteiger partial charge on any atom is 0.359 e. The molecule has 3 aromatic rings. The zero-order chi connectivity index (χ0) is 25.2. The van der Waals surface area contributed by atoms with E-state index >= 15 is 0 Å². The highest BCUT2D eigenvalue weighted by atomic mass is 16.5. The van der Waals surface area contributed by atoms with E-state index < -0.39 is 5.97 Å². The number of rotatable bonds is 6. The van der Waals surface area contributed by atoms with Crippen LogP contribution >= 0.6 is 0 Å². The number of ether oxygens (including phenoxy) is 2. The highest BCUT2D eigenvalue weighted by molar-refractivity contribution is 6.09. The fourth-order valence-electron chi connectivity index (χ4n) is 4.84. The maximum atomic E-state index is 13.9. The largest absolute Gasteiger partial charge is 0.494 e. The lowest BCUT2D eigenvalue weighted by atomic mass is 10.0. The van der Waals surface area contributed by atoms with Gasteiger partial charge in [-0.05, 0) is 62.6 Å². The minimum atomic E-state index is -0.556. The Kier molecular flexibility index (Phi) is 6.45. The molecule has 5 rings (SSSR count). The first-order valence-electron chi connectivity index (χ1n) is 12.2. The third-order valence-corrected chi connectivity index (χ3v) is 6.60. The molecule has 0 N–H and O–H groups in total. The number of anilines is 2. The fourth-order valence-corrected chi connectivity index (χ4v) is 4.84. The number of benzene rings is 2. The first kappa shape index (κ1) is 23.6. The number of carbonyl (C=O) groups excluding carboxylic acids is 3. The van der Waals surface area contributed by atoms with E-state index in [1.165, 1.54) is 4.68 Å². The molecule has 0 atom stereocenters. The van der Waals surface area contributed by atoms with Crippen molar-refractivity contribution in [2.24, 2.45) is 0 Å². The van der Waals surface area contributed by atoms with Crippen LogP contribution in [0.1, 0.15) is 52.7 Å². The number of hydrogen-bond donors (Lipinski definition) is 0. The molecule has 0 saturated carbocycles. The van der Waals surface area contributed by atoms with Crippen molar-refractivity contribution in [1.29, 1.82) is 0 Å². The number of nitrogens with zero attached hydrogens (tertiary/aromatic N) is 4. The first-order chi connectivity index (χ1) is 17.5. The van der Waals surface area contributed by atoms with Gasteiger partial charge in [0.1, 0.15) is 17.1 Å². The van der Waals surface area contributed by atoms with E-state index in [0.717, 1.165) is 18.5 Å². The molecule has 0 spiro atoms. The molecule has 0 radical (unpaired) electrons. The molecule has 1 aromatic heterocycles. The van der Waals surface area contributed by atoms with E-state index in [1.54, 1.807) is 36.0 Å². The molecule has 0 unspecified atom stereocenters. The van der Waals surface area contributed by atoms with E-state index in [0.29, 0.717) is 54.3 Å². The van der Waals surface area contributed by atoms with Crippen LogP contribution in [0.2, 0.25) is 0 Å². The monoisotopic (exact) mass is 488 g/mol. The van der Waals surface area contributed by atoms with Crippen molar-refractivity contribution in [3.63, 3.8) is 0 Å². The van der Waals surface area contributed by atoms with E-state index in [-0.39, 0.29) is 24.1 Å². The number of methoxy groups -OCH3 is 1. The molecular formula is C27H28N4O5. The van der Waals surface area contributed by atoms with Crippen molar-refractivity contribution < 1.29 is 23.9 Å². The topological polar surface area (TPSA) is 94.0 Å². The van der Waals surface area contributed by atoms with Gasteiger partial charge >= 0.3 is 5.97 Å².